The molecule has 0 aliphatic heterocycles. The van der Waals surface area contributed by atoms with Gasteiger partial charge in [0.2, 0.25) is 0 Å². The number of rotatable bonds is 3. The van der Waals surface area contributed by atoms with Crippen LogP contribution in [0, 0.1) is 12.0 Å². The minimum absolute atomic E-state index is 0. The number of fused-ring (bicyclic) bond motifs is 3. The number of hydrogen-bond acceptors (Lipinski definition) is 0. The molecular weight excluding hydrogens is 823 g/mol. The molecule has 0 amide bonds. The normalized spacial score (nSPS) is 14.2. The number of hydrogen-bond donors (Lipinski definition) is 0. The van der Waals surface area contributed by atoms with Crippen molar-refractivity contribution in [3.05, 3.63) is 178 Å². The topological polar surface area (TPSA) is 0 Å². The van der Waals surface area contributed by atoms with Gasteiger partial charge < -0.3 is 24.8 Å². The molecule has 1 atom stereocenters. The molecule has 1 aliphatic rings. The monoisotopic (exact) mass is 884 g/mol. The van der Waals surface area contributed by atoms with Crippen molar-refractivity contribution in [2.45, 2.75) is 119 Å². The first-order valence-electron chi connectivity index (χ1n) is 20.3. The van der Waals surface area contributed by atoms with Gasteiger partial charge in [0.1, 0.15) is 0 Å². The van der Waals surface area contributed by atoms with Crippen LogP contribution in [0.25, 0.3) is 27.1 Å². The summed E-state index contributed by atoms with van der Waals surface area (Å²) in [5, 5.41) is 5.49. The minimum atomic E-state index is 0. The smallest absolute Gasteiger partial charge is 0.0145 e. The van der Waals surface area contributed by atoms with Crippen LogP contribution in [-0.4, -0.2) is 3.21 Å². The maximum Gasteiger partial charge on any atom is -0.0145 e. The van der Waals surface area contributed by atoms with Crippen LogP contribution in [0.1, 0.15) is 136 Å². The third-order valence-corrected chi connectivity index (χ3v) is 12.3. The van der Waals surface area contributed by atoms with Gasteiger partial charge in [-0.2, -0.15) is 11.6 Å². The second-order valence-corrected chi connectivity index (χ2v) is 21.0. The summed E-state index contributed by atoms with van der Waals surface area (Å²) >= 11 is 1.46. The number of halogens is 2. The first kappa shape index (κ1) is 49.1. The zero-order valence-electron chi connectivity index (χ0n) is 37.5. The fraction of sp³-hybridized carbons (Fsp3) is 0.345. The molecule has 1 unspecified atom stereocenters. The number of allylic oxidation sites excluding steroid dienone is 4. The van der Waals surface area contributed by atoms with E-state index < -0.39 is 0 Å². The molecule has 0 saturated carbocycles. The predicted molar refractivity (Wildman–Crippen MR) is 244 cm³/mol. The molecule has 0 spiro atoms. The maximum absolute atomic E-state index is 3.39. The van der Waals surface area contributed by atoms with Gasteiger partial charge in [-0.15, -0.1) is 45.3 Å². The molecule has 58 heavy (non-hydrogen) atoms. The summed E-state index contributed by atoms with van der Waals surface area (Å²) in [6, 6.07) is 44.8. The molecule has 0 fully saturated rings. The van der Waals surface area contributed by atoms with Crippen molar-refractivity contribution < 1.29 is 49.0 Å². The van der Waals surface area contributed by atoms with Crippen LogP contribution in [0.4, 0.5) is 0 Å². The van der Waals surface area contributed by atoms with E-state index in [1.807, 2.05) is 6.07 Å². The Labute approximate surface area is 379 Å². The first-order valence-corrected chi connectivity index (χ1v) is 21.6. The average Bonchev–Trinajstić information content (AvgIpc) is 3.68. The fourth-order valence-electron chi connectivity index (χ4n) is 7.14. The van der Waals surface area contributed by atoms with E-state index in [1.165, 1.54) is 99.1 Å². The van der Waals surface area contributed by atoms with Crippen molar-refractivity contribution in [2.24, 2.45) is 5.92 Å². The van der Waals surface area contributed by atoms with Gasteiger partial charge in [0.25, 0.3) is 0 Å². The van der Waals surface area contributed by atoms with Crippen LogP contribution in [-0.2, 0) is 45.9 Å². The molecule has 0 radical (unpaired) electrons. The van der Waals surface area contributed by atoms with Gasteiger partial charge in [-0.3, -0.25) is 6.08 Å². The molecule has 0 nitrogen and oxygen atoms in total. The molecule has 0 aromatic heterocycles. The molecule has 0 heterocycles. The van der Waals surface area contributed by atoms with E-state index in [1.54, 1.807) is 0 Å². The van der Waals surface area contributed by atoms with Crippen molar-refractivity contribution in [1.82, 2.24) is 0 Å². The summed E-state index contributed by atoms with van der Waals surface area (Å²) in [5.41, 5.74) is 13.0. The summed E-state index contributed by atoms with van der Waals surface area (Å²) in [5.74, 6) is 0.468. The molecule has 6 aromatic rings. The summed E-state index contributed by atoms with van der Waals surface area (Å²) in [4.78, 5) is 0. The third-order valence-electron chi connectivity index (χ3n) is 10.9. The van der Waals surface area contributed by atoms with Crippen molar-refractivity contribution in [1.29, 1.82) is 0 Å². The molecular formula is C55H64Cl2Zr-2. The first-order chi connectivity index (χ1) is 26.0. The third kappa shape index (κ3) is 12.4. The second-order valence-electron chi connectivity index (χ2n) is 19.8. The van der Waals surface area contributed by atoms with Gasteiger partial charge in [0.05, 0.1) is 0 Å². The Bertz CT molecular complexity index is 2210. The molecule has 6 aromatic carbocycles. The molecule has 1 aliphatic carbocycles. The summed E-state index contributed by atoms with van der Waals surface area (Å²) < 4.78 is 1.42. The van der Waals surface area contributed by atoms with Gasteiger partial charge in [-0.05, 0) is 10.8 Å². The van der Waals surface area contributed by atoms with Gasteiger partial charge in [-0.25, -0.2) is 5.57 Å². The number of benzene rings is 5. The standard InChI is InChI=1S/C21H25.C21H26.C13H13.2ClH.Zr/c1-20(2,3)16-9-7-14-11-15-8-10-17(21(4,5)6)13-19(15)18(14)12-16;1-20(2,3)18-11-7-16(8-12-18)15-17-9-13-19(14-10-17)21(4,5)6;1-10-8-11(2)13(9-10)12-6-4-3-5-7-12;;;/h7-13H,1-6H3;7-14H,1-6H3;3-7,9-10H,1-2H3;2*1H;/q-1;;-1;;;+2/p-2. The van der Waals surface area contributed by atoms with E-state index in [2.05, 4.69) is 224 Å². The van der Waals surface area contributed by atoms with Gasteiger partial charge in [-0.1, -0.05) is 127 Å². The molecule has 3 heteroatoms. The Kier molecular flexibility index (Phi) is 16.5. The Morgan fingerprint density at radius 3 is 1.21 bits per heavy atom. The van der Waals surface area contributed by atoms with Crippen LogP contribution in [0.3, 0.4) is 0 Å². The second kappa shape index (κ2) is 19.4. The molecule has 304 valence electrons. The van der Waals surface area contributed by atoms with Crippen LogP contribution in [0.2, 0.25) is 0 Å². The van der Waals surface area contributed by atoms with Crippen LogP contribution in [0.15, 0.2) is 133 Å². The molecule has 7 rings (SSSR count). The Morgan fingerprint density at radius 1 is 0.517 bits per heavy atom. The largest absolute Gasteiger partial charge is 1.00 e. The zero-order chi connectivity index (χ0) is 41.2. The van der Waals surface area contributed by atoms with E-state index in [0.29, 0.717) is 5.92 Å². The van der Waals surface area contributed by atoms with Gasteiger partial charge >= 0.3 is 151 Å². The van der Waals surface area contributed by atoms with Gasteiger partial charge in [0.15, 0.2) is 0 Å². The fourth-order valence-corrected chi connectivity index (χ4v) is 7.96. The quantitative estimate of drug-likeness (QED) is 0.156. The van der Waals surface area contributed by atoms with Crippen molar-refractivity contribution >= 4 is 30.3 Å². The zero-order valence-corrected chi connectivity index (χ0v) is 41.4. The molecule has 0 bridgehead atoms. The Balaban J connectivity index is 0.000000236. The molecule has 0 N–H and O–H groups in total. The SMILES string of the molecule is CC(C)(C)c1ccc([C](=[Zr+2])c2ccc(C(C)(C)C)cc2)cc1.CC(C)(C)c1ccc2[cH-]c3ccc(C(C)(C)C)cc3c2c1.CC1=[C-]C(C)C=C1c1ccccc1.[Cl-].[Cl-]. The van der Waals surface area contributed by atoms with E-state index >= 15 is 0 Å². The average molecular weight is 887 g/mol. The van der Waals surface area contributed by atoms with Gasteiger partial charge in [0, 0.05) is 0 Å². The van der Waals surface area contributed by atoms with E-state index in [4.69, 9.17) is 0 Å². The van der Waals surface area contributed by atoms with Crippen LogP contribution in [0.5, 0.6) is 0 Å². The van der Waals surface area contributed by atoms with Crippen LogP contribution >= 0.6 is 0 Å². The summed E-state index contributed by atoms with van der Waals surface area (Å²) in [6.45, 7) is 31.5. The Morgan fingerprint density at radius 2 is 0.879 bits per heavy atom. The van der Waals surface area contributed by atoms with E-state index in [9.17, 15) is 0 Å². The maximum atomic E-state index is 3.39. The van der Waals surface area contributed by atoms with Crippen molar-refractivity contribution in [3.8, 4) is 0 Å². The van der Waals surface area contributed by atoms with Crippen molar-refractivity contribution in [2.75, 3.05) is 0 Å². The summed E-state index contributed by atoms with van der Waals surface area (Å²) in [7, 11) is 0. The Hall–Kier alpha value is -3.22. The predicted octanol–water partition coefficient (Wildman–Crippen LogP) is 9.18. The van der Waals surface area contributed by atoms with E-state index in [-0.39, 0.29) is 46.5 Å². The minimum Gasteiger partial charge on any atom is -1.00 e. The summed E-state index contributed by atoms with van der Waals surface area (Å²) in [6.07, 6.45) is 5.66. The van der Waals surface area contributed by atoms with Crippen molar-refractivity contribution in [3.63, 3.8) is 0 Å². The van der Waals surface area contributed by atoms with Crippen LogP contribution < -0.4 is 24.8 Å². The van der Waals surface area contributed by atoms with E-state index in [0.717, 1.165) is 0 Å². The molecule has 0 saturated heterocycles.